The first-order valence-electron chi connectivity index (χ1n) is 10.1. The lowest BCUT2D eigenvalue weighted by Gasteiger charge is -2.22. The Hall–Kier alpha value is -2.22. The largest absolute Gasteiger partial charge is 0.346 e. The minimum atomic E-state index is -3.45. The molecule has 2 N–H and O–H groups in total. The molecule has 1 aliphatic heterocycles. The fourth-order valence-electron chi connectivity index (χ4n) is 3.55. The molecule has 0 spiro atoms. The molecule has 3 rings (SSSR count). The minimum Gasteiger partial charge on any atom is -0.346 e. The van der Waals surface area contributed by atoms with Crippen molar-refractivity contribution in [3.8, 4) is 0 Å². The maximum Gasteiger partial charge on any atom is 0.251 e. The number of quaternary nitrogens is 1. The van der Waals surface area contributed by atoms with Crippen molar-refractivity contribution >= 4 is 15.9 Å². The van der Waals surface area contributed by atoms with Crippen molar-refractivity contribution in [2.24, 2.45) is 0 Å². The normalized spacial score (nSPS) is 16.1. The molecule has 156 valence electrons. The Balaban J connectivity index is 1.61. The lowest BCUT2D eigenvalue weighted by Crippen LogP contribution is -3.11. The van der Waals surface area contributed by atoms with E-state index in [0.717, 1.165) is 19.3 Å². The summed E-state index contributed by atoms with van der Waals surface area (Å²) in [5.41, 5.74) is 1.71. The summed E-state index contributed by atoms with van der Waals surface area (Å²) in [4.78, 5) is 14.1. The van der Waals surface area contributed by atoms with E-state index in [-0.39, 0.29) is 16.8 Å². The highest BCUT2D eigenvalue weighted by molar-refractivity contribution is 7.89. The van der Waals surface area contributed by atoms with E-state index in [4.69, 9.17) is 0 Å². The van der Waals surface area contributed by atoms with Crippen LogP contribution in [0.2, 0.25) is 0 Å². The summed E-state index contributed by atoms with van der Waals surface area (Å²) >= 11 is 0. The monoisotopic (exact) mass is 416 g/mol. The van der Waals surface area contributed by atoms with Gasteiger partial charge in [-0.1, -0.05) is 30.3 Å². The van der Waals surface area contributed by atoms with Crippen molar-refractivity contribution in [2.75, 3.05) is 33.7 Å². The third kappa shape index (κ3) is 5.44. The first-order chi connectivity index (χ1) is 13.9. The minimum absolute atomic E-state index is 0.186. The molecule has 29 heavy (non-hydrogen) atoms. The van der Waals surface area contributed by atoms with Gasteiger partial charge in [0.05, 0.1) is 25.5 Å². The van der Waals surface area contributed by atoms with Crippen LogP contribution in [0.3, 0.4) is 0 Å². The number of hydrogen-bond acceptors (Lipinski definition) is 3. The van der Waals surface area contributed by atoms with Crippen LogP contribution in [0, 0.1) is 0 Å². The van der Waals surface area contributed by atoms with Gasteiger partial charge in [0.15, 0.2) is 0 Å². The summed E-state index contributed by atoms with van der Waals surface area (Å²) in [6.07, 6.45) is 2.67. The van der Waals surface area contributed by atoms with Crippen molar-refractivity contribution in [2.45, 2.75) is 30.2 Å². The number of amides is 1. The van der Waals surface area contributed by atoms with Gasteiger partial charge in [-0.3, -0.25) is 4.79 Å². The van der Waals surface area contributed by atoms with Crippen LogP contribution in [0.1, 0.15) is 28.8 Å². The van der Waals surface area contributed by atoms with Gasteiger partial charge in [0.25, 0.3) is 5.91 Å². The van der Waals surface area contributed by atoms with Crippen LogP contribution >= 0.6 is 0 Å². The van der Waals surface area contributed by atoms with E-state index in [0.29, 0.717) is 25.2 Å². The predicted octanol–water partition coefficient (Wildman–Crippen LogP) is 0.957. The zero-order valence-electron chi connectivity index (χ0n) is 17.1. The Morgan fingerprint density at radius 1 is 1.03 bits per heavy atom. The van der Waals surface area contributed by atoms with Gasteiger partial charge in [-0.05, 0) is 42.7 Å². The Labute approximate surface area is 173 Å². The van der Waals surface area contributed by atoms with Crippen molar-refractivity contribution in [3.63, 3.8) is 0 Å². The number of nitrogens with one attached hydrogen (secondary N) is 2. The molecular weight excluding hydrogens is 386 g/mol. The smallest absolute Gasteiger partial charge is 0.251 e. The number of nitrogens with zero attached hydrogens (tertiary/aromatic N) is 1. The molecule has 0 bridgehead atoms. The van der Waals surface area contributed by atoms with Crippen LogP contribution < -0.4 is 10.2 Å². The second kappa shape index (κ2) is 9.52. The molecule has 0 aromatic heterocycles. The Bertz CT molecular complexity index is 906. The number of benzene rings is 2. The maximum absolute atomic E-state index is 12.6. The molecule has 1 saturated heterocycles. The van der Waals surface area contributed by atoms with Crippen LogP contribution in [0.25, 0.3) is 0 Å². The summed E-state index contributed by atoms with van der Waals surface area (Å²) in [6.45, 7) is 1.68. The number of carbonyl (C=O) groups is 1. The first kappa shape index (κ1) is 21.5. The van der Waals surface area contributed by atoms with E-state index < -0.39 is 10.0 Å². The van der Waals surface area contributed by atoms with Crippen molar-refractivity contribution < 1.29 is 18.1 Å². The van der Waals surface area contributed by atoms with Crippen LogP contribution in [0.15, 0.2) is 59.5 Å². The summed E-state index contributed by atoms with van der Waals surface area (Å²) in [5.74, 6) is -0.186. The third-order valence-corrected chi connectivity index (χ3v) is 7.38. The number of rotatable bonds is 8. The van der Waals surface area contributed by atoms with Crippen molar-refractivity contribution in [3.05, 3.63) is 65.7 Å². The van der Waals surface area contributed by atoms with E-state index in [1.807, 2.05) is 18.2 Å². The second-order valence-corrected chi connectivity index (χ2v) is 9.75. The van der Waals surface area contributed by atoms with Crippen LogP contribution in [-0.4, -0.2) is 58.4 Å². The third-order valence-electron chi connectivity index (χ3n) is 5.47. The van der Waals surface area contributed by atoms with E-state index >= 15 is 0 Å². The molecule has 0 unspecified atom stereocenters. The molecule has 6 nitrogen and oxygen atoms in total. The molecule has 0 radical (unpaired) electrons. The molecule has 7 heteroatoms. The molecule has 1 amide bonds. The zero-order chi connectivity index (χ0) is 20.9. The molecule has 1 heterocycles. The molecule has 2 aromatic rings. The second-order valence-electron chi connectivity index (χ2n) is 7.81. The Kier molecular flexibility index (Phi) is 7.05. The predicted molar refractivity (Wildman–Crippen MR) is 114 cm³/mol. The summed E-state index contributed by atoms with van der Waals surface area (Å²) in [6, 6.07) is 16.7. The topological polar surface area (TPSA) is 70.9 Å². The van der Waals surface area contributed by atoms with Crippen LogP contribution in [0.5, 0.6) is 0 Å². The lowest BCUT2D eigenvalue weighted by atomic mass is 10.1. The Morgan fingerprint density at radius 3 is 2.24 bits per heavy atom. The molecule has 0 aliphatic carbocycles. The van der Waals surface area contributed by atoms with Gasteiger partial charge in [0.1, 0.15) is 6.04 Å². The quantitative estimate of drug-likeness (QED) is 0.673. The molecule has 1 atom stereocenters. The average molecular weight is 417 g/mol. The van der Waals surface area contributed by atoms with E-state index in [1.54, 1.807) is 12.1 Å². The van der Waals surface area contributed by atoms with E-state index in [2.05, 4.69) is 31.5 Å². The number of likely N-dealkylation sites (N-methyl/N-ethyl adjacent to an activating group) is 1. The maximum atomic E-state index is 12.6. The molecule has 1 aliphatic rings. The number of sulfonamides is 1. The van der Waals surface area contributed by atoms with Gasteiger partial charge in [-0.25, -0.2) is 8.42 Å². The van der Waals surface area contributed by atoms with Gasteiger partial charge in [-0.2, -0.15) is 4.31 Å². The highest BCUT2D eigenvalue weighted by Gasteiger charge is 2.27. The van der Waals surface area contributed by atoms with Crippen LogP contribution in [0.4, 0.5) is 0 Å². The number of hydrogen-bond donors (Lipinski definition) is 2. The van der Waals surface area contributed by atoms with Gasteiger partial charge in [0, 0.05) is 25.1 Å². The number of carbonyl (C=O) groups excluding carboxylic acids is 1. The lowest BCUT2D eigenvalue weighted by molar-refractivity contribution is -0.884. The zero-order valence-corrected chi connectivity index (χ0v) is 17.9. The standard InChI is InChI=1S/C22H29N3O3S/c1-24(2)20(16-18-8-4-3-5-9-18)17-23-22(26)19-10-12-21(13-11-19)29(27,28)25-14-6-7-15-25/h3-5,8-13,20H,6-7,14-17H2,1-2H3,(H,23,26)/p+1/t20-/m0/s1. The van der Waals surface area contributed by atoms with Gasteiger partial charge >= 0.3 is 0 Å². The highest BCUT2D eigenvalue weighted by atomic mass is 32.2. The fraction of sp³-hybridized carbons (Fsp3) is 0.409. The molecule has 2 aromatic carbocycles. The van der Waals surface area contributed by atoms with Crippen LogP contribution in [-0.2, 0) is 16.4 Å². The molecular formula is C22H30N3O3S+. The van der Waals surface area contributed by atoms with E-state index in [9.17, 15) is 13.2 Å². The summed E-state index contributed by atoms with van der Waals surface area (Å²) < 4.78 is 26.7. The fourth-order valence-corrected chi connectivity index (χ4v) is 5.07. The summed E-state index contributed by atoms with van der Waals surface area (Å²) in [5, 5.41) is 2.99. The van der Waals surface area contributed by atoms with Gasteiger partial charge in [-0.15, -0.1) is 0 Å². The van der Waals surface area contributed by atoms with Gasteiger partial charge in [0.2, 0.25) is 10.0 Å². The highest BCUT2D eigenvalue weighted by Crippen LogP contribution is 2.21. The molecule has 1 fully saturated rings. The van der Waals surface area contributed by atoms with Gasteiger partial charge < -0.3 is 10.2 Å². The van der Waals surface area contributed by atoms with E-state index in [1.165, 1.54) is 26.9 Å². The summed E-state index contributed by atoms with van der Waals surface area (Å²) in [7, 11) is 0.708. The average Bonchev–Trinajstić information content (AvgIpc) is 3.27. The van der Waals surface area contributed by atoms with Crippen molar-refractivity contribution in [1.29, 1.82) is 0 Å². The SMILES string of the molecule is C[NH+](C)[C@H](CNC(=O)c1ccc(S(=O)(=O)N2CCCC2)cc1)Cc1ccccc1. The first-order valence-corrected chi connectivity index (χ1v) is 11.5. The molecule has 0 saturated carbocycles. The van der Waals surface area contributed by atoms with Crippen molar-refractivity contribution in [1.82, 2.24) is 9.62 Å². The Morgan fingerprint density at radius 2 is 1.66 bits per heavy atom.